The number of rotatable bonds is 4. The summed E-state index contributed by atoms with van der Waals surface area (Å²) in [6.07, 6.45) is -0.0450. The molecule has 1 aromatic carbocycles. The van der Waals surface area contributed by atoms with Crippen molar-refractivity contribution in [3.63, 3.8) is 0 Å². The van der Waals surface area contributed by atoms with Crippen LogP contribution in [0.3, 0.4) is 0 Å². The lowest BCUT2D eigenvalue weighted by molar-refractivity contribution is -0.141. The highest BCUT2D eigenvalue weighted by atomic mass is 16.4. The summed E-state index contributed by atoms with van der Waals surface area (Å²) < 4.78 is 0. The van der Waals surface area contributed by atoms with Crippen LogP contribution < -0.4 is 5.32 Å². The second-order valence-corrected chi connectivity index (χ2v) is 5.30. The van der Waals surface area contributed by atoms with Gasteiger partial charge in [-0.2, -0.15) is 0 Å². The van der Waals surface area contributed by atoms with Gasteiger partial charge in [0.1, 0.15) is 0 Å². The Labute approximate surface area is 107 Å². The lowest BCUT2D eigenvalue weighted by Gasteiger charge is -2.22. The topological polar surface area (TPSA) is 66.4 Å². The van der Waals surface area contributed by atoms with Crippen LogP contribution in [0.25, 0.3) is 0 Å². The smallest absolute Gasteiger partial charge is 0.311 e. The van der Waals surface area contributed by atoms with Crippen molar-refractivity contribution in [1.82, 2.24) is 5.32 Å². The average Bonchev–Trinajstić information content (AvgIpc) is 2.24. The van der Waals surface area contributed by atoms with Crippen LogP contribution in [0.4, 0.5) is 0 Å². The summed E-state index contributed by atoms with van der Waals surface area (Å²) in [6.45, 7) is 5.59. The lowest BCUT2D eigenvalue weighted by atomic mass is 9.95. The molecular weight excluding hydrogens is 230 g/mol. The fourth-order valence-electron chi connectivity index (χ4n) is 1.69. The van der Waals surface area contributed by atoms with E-state index in [1.165, 1.54) is 0 Å². The number of amides is 1. The SMILES string of the molecule is CC(C)(C)NC(=O)C[C@H](C(=O)O)c1ccccc1. The molecule has 0 fully saturated rings. The maximum atomic E-state index is 11.8. The standard InChI is InChI=1S/C14H19NO3/c1-14(2,3)15-12(16)9-11(13(17)18)10-7-5-4-6-8-10/h4-8,11H,9H2,1-3H3,(H,15,16)(H,17,18)/t11-/m0/s1. The van der Waals surface area contributed by atoms with Crippen molar-refractivity contribution in [3.05, 3.63) is 35.9 Å². The number of hydrogen-bond donors (Lipinski definition) is 2. The highest BCUT2D eigenvalue weighted by Gasteiger charge is 2.24. The van der Waals surface area contributed by atoms with Crippen molar-refractivity contribution >= 4 is 11.9 Å². The van der Waals surface area contributed by atoms with Gasteiger partial charge in [-0.3, -0.25) is 9.59 Å². The Morgan fingerprint density at radius 1 is 1.22 bits per heavy atom. The summed E-state index contributed by atoms with van der Waals surface area (Å²) in [5, 5.41) is 12.0. The number of benzene rings is 1. The molecule has 0 unspecified atom stereocenters. The lowest BCUT2D eigenvalue weighted by Crippen LogP contribution is -2.41. The fraction of sp³-hybridized carbons (Fsp3) is 0.429. The third-order valence-electron chi connectivity index (χ3n) is 2.40. The summed E-state index contributed by atoms with van der Waals surface area (Å²) >= 11 is 0. The van der Waals surface area contributed by atoms with E-state index in [4.69, 9.17) is 0 Å². The van der Waals surface area contributed by atoms with Crippen molar-refractivity contribution in [2.45, 2.75) is 38.6 Å². The van der Waals surface area contributed by atoms with Crippen LogP contribution in [0.2, 0.25) is 0 Å². The van der Waals surface area contributed by atoms with E-state index in [2.05, 4.69) is 5.32 Å². The molecule has 0 saturated heterocycles. The maximum Gasteiger partial charge on any atom is 0.311 e. The molecule has 1 atom stereocenters. The first-order valence-corrected chi connectivity index (χ1v) is 5.88. The number of aliphatic carboxylic acids is 1. The van der Waals surface area contributed by atoms with E-state index in [0.29, 0.717) is 5.56 Å². The predicted molar refractivity (Wildman–Crippen MR) is 69.3 cm³/mol. The molecule has 18 heavy (non-hydrogen) atoms. The van der Waals surface area contributed by atoms with E-state index in [-0.39, 0.29) is 17.9 Å². The number of carbonyl (C=O) groups excluding carboxylic acids is 1. The normalized spacial score (nSPS) is 12.8. The highest BCUT2D eigenvalue weighted by Crippen LogP contribution is 2.20. The minimum Gasteiger partial charge on any atom is -0.481 e. The molecule has 1 aromatic rings. The quantitative estimate of drug-likeness (QED) is 0.859. The minimum atomic E-state index is -0.981. The monoisotopic (exact) mass is 249 g/mol. The van der Waals surface area contributed by atoms with Gasteiger partial charge in [0.25, 0.3) is 0 Å². The Kier molecular flexibility index (Phi) is 4.48. The third-order valence-corrected chi connectivity index (χ3v) is 2.40. The van der Waals surface area contributed by atoms with Crippen LogP contribution >= 0.6 is 0 Å². The molecule has 0 aliphatic heterocycles. The zero-order valence-corrected chi connectivity index (χ0v) is 10.9. The maximum absolute atomic E-state index is 11.8. The molecule has 0 radical (unpaired) electrons. The molecule has 0 aromatic heterocycles. The highest BCUT2D eigenvalue weighted by molar-refractivity contribution is 5.86. The van der Waals surface area contributed by atoms with E-state index in [1.54, 1.807) is 24.3 Å². The summed E-state index contributed by atoms with van der Waals surface area (Å²) in [7, 11) is 0. The molecular formula is C14H19NO3. The van der Waals surface area contributed by atoms with Gasteiger partial charge < -0.3 is 10.4 Å². The first kappa shape index (κ1) is 14.2. The molecule has 4 nitrogen and oxygen atoms in total. The zero-order chi connectivity index (χ0) is 13.8. The molecule has 0 heterocycles. The van der Waals surface area contributed by atoms with E-state index in [0.717, 1.165) is 0 Å². The molecule has 0 aliphatic rings. The first-order valence-electron chi connectivity index (χ1n) is 5.88. The summed E-state index contributed by atoms with van der Waals surface area (Å²) in [5.41, 5.74) is 0.297. The van der Waals surface area contributed by atoms with E-state index < -0.39 is 11.9 Å². The van der Waals surface area contributed by atoms with Gasteiger partial charge in [0.05, 0.1) is 5.92 Å². The Morgan fingerprint density at radius 2 is 1.78 bits per heavy atom. The predicted octanol–water partition coefficient (Wildman–Crippen LogP) is 2.16. The van der Waals surface area contributed by atoms with Gasteiger partial charge in [0.15, 0.2) is 0 Å². The number of hydrogen-bond acceptors (Lipinski definition) is 2. The fourth-order valence-corrected chi connectivity index (χ4v) is 1.69. The van der Waals surface area contributed by atoms with Crippen LogP contribution in [0.15, 0.2) is 30.3 Å². The van der Waals surface area contributed by atoms with Crippen molar-refractivity contribution in [2.75, 3.05) is 0 Å². The van der Waals surface area contributed by atoms with Crippen LogP contribution in [-0.2, 0) is 9.59 Å². The molecule has 0 spiro atoms. The van der Waals surface area contributed by atoms with Gasteiger partial charge in [-0.25, -0.2) is 0 Å². The molecule has 4 heteroatoms. The van der Waals surface area contributed by atoms with Crippen LogP contribution in [0, 0.1) is 0 Å². The second kappa shape index (κ2) is 5.67. The number of carboxylic acids is 1. The Bertz CT molecular complexity index is 420. The number of nitrogens with one attached hydrogen (secondary N) is 1. The molecule has 0 aliphatic carbocycles. The van der Waals surface area contributed by atoms with E-state index in [1.807, 2.05) is 26.8 Å². The van der Waals surface area contributed by atoms with Gasteiger partial charge in [-0.15, -0.1) is 0 Å². The molecule has 0 saturated carbocycles. The Balaban J connectivity index is 2.77. The zero-order valence-electron chi connectivity index (χ0n) is 10.9. The Morgan fingerprint density at radius 3 is 2.22 bits per heavy atom. The van der Waals surface area contributed by atoms with Crippen LogP contribution in [0.5, 0.6) is 0 Å². The van der Waals surface area contributed by atoms with Crippen molar-refractivity contribution in [1.29, 1.82) is 0 Å². The van der Waals surface area contributed by atoms with Crippen molar-refractivity contribution in [2.24, 2.45) is 0 Å². The summed E-state index contributed by atoms with van der Waals surface area (Å²) in [4.78, 5) is 23.0. The van der Waals surface area contributed by atoms with Crippen molar-refractivity contribution < 1.29 is 14.7 Å². The Hall–Kier alpha value is -1.84. The summed E-state index contributed by atoms with van der Waals surface area (Å²) in [5.74, 6) is -2.03. The van der Waals surface area contributed by atoms with Gasteiger partial charge in [0.2, 0.25) is 5.91 Å². The number of carboxylic acid groups (broad SMARTS) is 1. The number of carbonyl (C=O) groups is 2. The summed E-state index contributed by atoms with van der Waals surface area (Å²) in [6, 6.07) is 8.81. The molecule has 98 valence electrons. The molecule has 2 N–H and O–H groups in total. The molecule has 1 rings (SSSR count). The molecule has 0 bridgehead atoms. The average molecular weight is 249 g/mol. The first-order chi connectivity index (χ1) is 8.29. The van der Waals surface area contributed by atoms with E-state index >= 15 is 0 Å². The van der Waals surface area contributed by atoms with Gasteiger partial charge in [-0.05, 0) is 26.3 Å². The van der Waals surface area contributed by atoms with Gasteiger partial charge in [-0.1, -0.05) is 30.3 Å². The second-order valence-electron chi connectivity index (χ2n) is 5.30. The van der Waals surface area contributed by atoms with Crippen LogP contribution in [0.1, 0.15) is 38.7 Å². The molecule has 1 amide bonds. The minimum absolute atomic E-state index is 0.0450. The van der Waals surface area contributed by atoms with E-state index in [9.17, 15) is 14.7 Å². The van der Waals surface area contributed by atoms with Crippen molar-refractivity contribution in [3.8, 4) is 0 Å². The van der Waals surface area contributed by atoms with Crippen LogP contribution in [-0.4, -0.2) is 22.5 Å². The third kappa shape index (κ3) is 4.57. The van der Waals surface area contributed by atoms with Gasteiger partial charge >= 0.3 is 5.97 Å². The largest absolute Gasteiger partial charge is 0.481 e. The van der Waals surface area contributed by atoms with Gasteiger partial charge in [0, 0.05) is 12.0 Å².